The predicted octanol–water partition coefficient (Wildman–Crippen LogP) is 3.55. The van der Waals surface area contributed by atoms with Gasteiger partial charge in [-0.15, -0.1) is 0 Å². The molecule has 0 aliphatic heterocycles. The quantitative estimate of drug-likeness (QED) is 0.870. The van der Waals surface area contributed by atoms with Crippen molar-refractivity contribution in [1.29, 1.82) is 0 Å². The van der Waals surface area contributed by atoms with Gasteiger partial charge in [0.15, 0.2) is 0 Å². The van der Waals surface area contributed by atoms with E-state index in [1.807, 2.05) is 0 Å². The number of sulfone groups is 1. The molecule has 0 saturated carbocycles. The van der Waals surface area contributed by atoms with Crippen molar-refractivity contribution in [1.82, 2.24) is 0 Å². The van der Waals surface area contributed by atoms with Crippen molar-refractivity contribution in [2.75, 3.05) is 7.11 Å². The molecule has 0 bridgehead atoms. The third-order valence-electron chi connectivity index (χ3n) is 2.83. The minimum Gasteiger partial charge on any atom is -0.497 e. The van der Waals surface area contributed by atoms with Gasteiger partial charge in [0.2, 0.25) is 9.84 Å². The maximum atomic E-state index is 13.0. The second kappa shape index (κ2) is 5.40. The molecule has 2 rings (SSSR count). The third-order valence-corrected chi connectivity index (χ3v) is 4.64. The zero-order chi connectivity index (χ0) is 15.7. The molecule has 112 valence electrons. The first kappa shape index (κ1) is 15.4. The summed E-state index contributed by atoms with van der Waals surface area (Å²) in [6, 6.07) is 9.41. The minimum atomic E-state index is -4.75. The van der Waals surface area contributed by atoms with Crippen LogP contribution < -0.4 is 4.74 Å². The van der Waals surface area contributed by atoms with E-state index >= 15 is 0 Å². The number of alkyl halides is 3. The first-order valence-electron chi connectivity index (χ1n) is 5.82. The van der Waals surface area contributed by atoms with Crippen molar-refractivity contribution < 1.29 is 26.3 Å². The summed E-state index contributed by atoms with van der Waals surface area (Å²) in [5.74, 6) is 0.251. The van der Waals surface area contributed by atoms with Crippen LogP contribution in [0.15, 0.2) is 58.3 Å². The SMILES string of the molecule is COc1cccc(S(=O)(=O)c2ccccc2C(F)(F)F)c1. The van der Waals surface area contributed by atoms with Gasteiger partial charge in [-0.1, -0.05) is 18.2 Å². The molecule has 0 radical (unpaired) electrons. The Kier molecular flexibility index (Phi) is 3.95. The molecule has 0 atom stereocenters. The highest BCUT2D eigenvalue weighted by molar-refractivity contribution is 7.91. The summed E-state index contributed by atoms with van der Waals surface area (Å²) in [6.45, 7) is 0. The lowest BCUT2D eigenvalue weighted by Crippen LogP contribution is -2.13. The molecule has 0 unspecified atom stereocenters. The van der Waals surface area contributed by atoms with Crippen LogP contribution in [0.2, 0.25) is 0 Å². The zero-order valence-electron chi connectivity index (χ0n) is 10.9. The summed E-state index contributed by atoms with van der Waals surface area (Å²) < 4.78 is 68.6. The minimum absolute atomic E-state index is 0.251. The normalized spacial score (nSPS) is 12.2. The van der Waals surface area contributed by atoms with E-state index in [9.17, 15) is 21.6 Å². The fourth-order valence-corrected chi connectivity index (χ4v) is 3.34. The van der Waals surface area contributed by atoms with E-state index < -0.39 is 26.5 Å². The van der Waals surface area contributed by atoms with E-state index in [1.54, 1.807) is 0 Å². The van der Waals surface area contributed by atoms with E-state index in [2.05, 4.69) is 0 Å². The van der Waals surface area contributed by atoms with Crippen molar-refractivity contribution >= 4 is 9.84 Å². The largest absolute Gasteiger partial charge is 0.497 e. The van der Waals surface area contributed by atoms with Gasteiger partial charge < -0.3 is 4.74 Å². The molecule has 3 nitrogen and oxygen atoms in total. The first-order chi connectivity index (χ1) is 9.76. The van der Waals surface area contributed by atoms with Crippen LogP contribution in [0.5, 0.6) is 5.75 Å². The first-order valence-corrected chi connectivity index (χ1v) is 7.30. The highest BCUT2D eigenvalue weighted by atomic mass is 32.2. The lowest BCUT2D eigenvalue weighted by Gasteiger charge is -2.13. The Morgan fingerprint density at radius 2 is 1.67 bits per heavy atom. The number of rotatable bonds is 3. The maximum Gasteiger partial charge on any atom is 0.417 e. The Hall–Kier alpha value is -2.02. The molecule has 2 aromatic rings. The Balaban J connectivity index is 2.65. The van der Waals surface area contributed by atoms with E-state index in [0.29, 0.717) is 0 Å². The molecule has 0 fully saturated rings. The molecule has 0 N–H and O–H groups in total. The van der Waals surface area contributed by atoms with Crippen LogP contribution in [0.4, 0.5) is 13.2 Å². The standard InChI is InChI=1S/C14H11F3O3S/c1-20-10-5-4-6-11(9-10)21(18,19)13-8-3-2-7-12(13)14(15,16)17/h2-9H,1H3. The molecule has 2 aromatic carbocycles. The van der Waals surface area contributed by atoms with Crippen LogP contribution in [0.3, 0.4) is 0 Å². The van der Waals surface area contributed by atoms with Gasteiger partial charge in [0.25, 0.3) is 0 Å². The van der Waals surface area contributed by atoms with Gasteiger partial charge in [-0.2, -0.15) is 13.2 Å². The van der Waals surface area contributed by atoms with Crippen LogP contribution in [0, 0.1) is 0 Å². The number of methoxy groups -OCH3 is 1. The van der Waals surface area contributed by atoms with Crippen molar-refractivity contribution in [2.45, 2.75) is 16.0 Å². The van der Waals surface area contributed by atoms with Gasteiger partial charge in [0, 0.05) is 0 Å². The van der Waals surface area contributed by atoms with Gasteiger partial charge in [-0.25, -0.2) is 8.42 Å². The third kappa shape index (κ3) is 3.02. The summed E-state index contributed by atoms with van der Waals surface area (Å²) >= 11 is 0. The van der Waals surface area contributed by atoms with Gasteiger partial charge in [0.05, 0.1) is 22.5 Å². The summed E-state index contributed by atoms with van der Waals surface area (Å²) in [4.78, 5) is -1.02. The van der Waals surface area contributed by atoms with Crippen molar-refractivity contribution in [3.63, 3.8) is 0 Å². The second-order valence-corrected chi connectivity index (χ2v) is 6.09. The summed E-state index contributed by atoms with van der Waals surface area (Å²) in [5, 5.41) is 0. The highest BCUT2D eigenvalue weighted by Gasteiger charge is 2.37. The second-order valence-electron chi connectivity index (χ2n) is 4.18. The number of hydrogen-bond acceptors (Lipinski definition) is 3. The Morgan fingerprint density at radius 3 is 2.29 bits per heavy atom. The van der Waals surface area contributed by atoms with Crippen molar-refractivity contribution in [2.24, 2.45) is 0 Å². The summed E-state index contributed by atoms with van der Waals surface area (Å²) in [6.07, 6.45) is -4.75. The summed E-state index contributed by atoms with van der Waals surface area (Å²) in [7, 11) is -2.94. The molecule has 7 heteroatoms. The van der Waals surface area contributed by atoms with Gasteiger partial charge in [0.1, 0.15) is 5.75 Å². The summed E-state index contributed by atoms with van der Waals surface area (Å²) in [5.41, 5.74) is -1.19. The number of ether oxygens (including phenoxy) is 1. The highest BCUT2D eigenvalue weighted by Crippen LogP contribution is 2.36. The van der Waals surface area contributed by atoms with Crippen LogP contribution in [0.1, 0.15) is 5.56 Å². The van der Waals surface area contributed by atoms with Crippen molar-refractivity contribution in [3.05, 3.63) is 54.1 Å². The average molecular weight is 316 g/mol. The molecule has 0 amide bonds. The number of halogens is 3. The van der Waals surface area contributed by atoms with Gasteiger partial charge in [-0.3, -0.25) is 0 Å². The van der Waals surface area contributed by atoms with Crippen LogP contribution in [0.25, 0.3) is 0 Å². The number of hydrogen-bond donors (Lipinski definition) is 0. The lowest BCUT2D eigenvalue weighted by atomic mass is 10.2. The monoisotopic (exact) mass is 316 g/mol. The van der Waals surface area contributed by atoms with Gasteiger partial charge >= 0.3 is 6.18 Å². The molecule has 0 saturated heterocycles. The lowest BCUT2D eigenvalue weighted by molar-refractivity contribution is -0.139. The van der Waals surface area contributed by atoms with Crippen molar-refractivity contribution in [3.8, 4) is 5.75 Å². The topological polar surface area (TPSA) is 43.4 Å². The van der Waals surface area contributed by atoms with Crippen LogP contribution in [-0.2, 0) is 16.0 Å². The Morgan fingerprint density at radius 1 is 1.00 bits per heavy atom. The maximum absolute atomic E-state index is 13.0. The predicted molar refractivity (Wildman–Crippen MR) is 69.9 cm³/mol. The molecular weight excluding hydrogens is 305 g/mol. The van der Waals surface area contributed by atoms with Crippen LogP contribution in [-0.4, -0.2) is 15.5 Å². The number of benzene rings is 2. The van der Waals surface area contributed by atoms with E-state index in [0.717, 1.165) is 18.2 Å². The van der Waals surface area contributed by atoms with Crippen LogP contribution >= 0.6 is 0 Å². The fourth-order valence-electron chi connectivity index (χ4n) is 1.83. The Labute approximate surface area is 119 Å². The smallest absolute Gasteiger partial charge is 0.417 e. The van der Waals surface area contributed by atoms with E-state index in [4.69, 9.17) is 4.74 Å². The fraction of sp³-hybridized carbons (Fsp3) is 0.143. The Bertz CT molecular complexity index is 752. The molecule has 21 heavy (non-hydrogen) atoms. The molecule has 0 aliphatic rings. The molecular formula is C14H11F3O3S. The average Bonchev–Trinajstić information content (AvgIpc) is 2.46. The zero-order valence-corrected chi connectivity index (χ0v) is 11.7. The van der Waals surface area contributed by atoms with E-state index in [-0.39, 0.29) is 10.6 Å². The molecule has 0 heterocycles. The van der Waals surface area contributed by atoms with Gasteiger partial charge in [-0.05, 0) is 30.3 Å². The van der Waals surface area contributed by atoms with E-state index in [1.165, 1.54) is 37.4 Å². The molecule has 0 spiro atoms. The molecule has 0 aliphatic carbocycles. The molecule has 0 aromatic heterocycles.